The highest BCUT2D eigenvalue weighted by Crippen LogP contribution is 2.27. The molecule has 7 heteroatoms. The Kier molecular flexibility index (Phi) is 5.22. The molecule has 0 aliphatic heterocycles. The Morgan fingerprint density at radius 1 is 1.11 bits per heavy atom. The summed E-state index contributed by atoms with van der Waals surface area (Å²) in [6, 6.07) is 17.6. The Bertz CT molecular complexity index is 1040. The first-order valence-corrected chi connectivity index (χ1v) is 10.2. The number of aromatic nitrogens is 3. The number of hydrogen-bond donors (Lipinski definition) is 0. The molecule has 0 N–H and O–H groups in total. The highest BCUT2D eigenvalue weighted by atomic mass is 32.2. The number of nitrogens with zero attached hydrogens (tertiary/aromatic N) is 3. The van der Waals surface area contributed by atoms with Gasteiger partial charge in [0.05, 0.1) is 23.4 Å². The van der Waals surface area contributed by atoms with E-state index in [1.807, 2.05) is 54.0 Å². The van der Waals surface area contributed by atoms with Crippen LogP contribution in [0.2, 0.25) is 0 Å². The summed E-state index contributed by atoms with van der Waals surface area (Å²) < 4.78 is 7.50. The minimum absolute atomic E-state index is 0.104. The number of thiophene rings is 1. The van der Waals surface area contributed by atoms with E-state index < -0.39 is 0 Å². The first kappa shape index (κ1) is 17.8. The molecule has 0 aliphatic carbocycles. The van der Waals surface area contributed by atoms with E-state index in [1.165, 1.54) is 23.1 Å². The maximum Gasteiger partial charge on any atom is 0.200 e. The Morgan fingerprint density at radius 3 is 2.67 bits per heavy atom. The van der Waals surface area contributed by atoms with Gasteiger partial charge < -0.3 is 4.42 Å². The molecular formula is C20H17N3O2S2. The Morgan fingerprint density at radius 2 is 1.96 bits per heavy atom. The van der Waals surface area contributed by atoms with Crippen LogP contribution in [0.3, 0.4) is 0 Å². The van der Waals surface area contributed by atoms with Gasteiger partial charge in [0.25, 0.3) is 0 Å². The predicted molar refractivity (Wildman–Crippen MR) is 107 cm³/mol. The Balaban J connectivity index is 1.59. The lowest BCUT2D eigenvalue weighted by Gasteiger charge is -2.09. The lowest BCUT2D eigenvalue weighted by molar-refractivity contribution is 0.102. The summed E-state index contributed by atoms with van der Waals surface area (Å²) in [5.41, 5.74) is 1.13. The van der Waals surface area contributed by atoms with Crippen LogP contribution in [0.5, 0.6) is 0 Å². The lowest BCUT2D eigenvalue weighted by atomic mass is 10.2. The number of furan rings is 1. The van der Waals surface area contributed by atoms with Gasteiger partial charge in [-0.15, -0.1) is 21.5 Å². The van der Waals surface area contributed by atoms with Gasteiger partial charge in [0.1, 0.15) is 0 Å². The largest absolute Gasteiger partial charge is 0.461 e. The van der Waals surface area contributed by atoms with Crippen molar-refractivity contribution in [1.82, 2.24) is 14.8 Å². The molecule has 0 saturated heterocycles. The van der Waals surface area contributed by atoms with Gasteiger partial charge in [0.15, 0.2) is 16.7 Å². The van der Waals surface area contributed by atoms with Gasteiger partial charge in [-0.1, -0.05) is 42.1 Å². The number of benzene rings is 1. The average Bonchev–Trinajstić information content (AvgIpc) is 3.42. The van der Waals surface area contributed by atoms with E-state index in [0.717, 1.165) is 15.3 Å². The molecule has 0 unspecified atom stereocenters. The zero-order valence-corrected chi connectivity index (χ0v) is 16.3. The fourth-order valence-corrected chi connectivity index (χ4v) is 4.40. The van der Waals surface area contributed by atoms with E-state index in [1.54, 1.807) is 6.26 Å². The number of carbonyl (C=O) groups is 1. The van der Waals surface area contributed by atoms with Gasteiger partial charge in [0.2, 0.25) is 5.82 Å². The summed E-state index contributed by atoms with van der Waals surface area (Å²) in [5.74, 6) is 1.74. The number of Topliss-reactive ketones (excluding diaryl/α,β-unsaturated/α-hetero) is 1. The molecular weight excluding hydrogens is 378 g/mol. The van der Waals surface area contributed by atoms with Crippen LogP contribution in [0, 0.1) is 6.92 Å². The molecule has 0 bridgehead atoms. The van der Waals surface area contributed by atoms with Gasteiger partial charge in [-0.25, -0.2) is 0 Å². The van der Waals surface area contributed by atoms with Crippen molar-refractivity contribution in [2.24, 2.45) is 0 Å². The van der Waals surface area contributed by atoms with E-state index in [2.05, 4.69) is 22.3 Å². The molecule has 3 heterocycles. The summed E-state index contributed by atoms with van der Waals surface area (Å²) in [7, 11) is 0. The fourth-order valence-electron chi connectivity index (χ4n) is 2.68. The molecule has 0 fully saturated rings. The van der Waals surface area contributed by atoms with Crippen molar-refractivity contribution >= 4 is 28.9 Å². The number of rotatable bonds is 7. The van der Waals surface area contributed by atoms with Crippen molar-refractivity contribution in [1.29, 1.82) is 0 Å². The third-order valence-electron chi connectivity index (χ3n) is 3.99. The van der Waals surface area contributed by atoms with Crippen LogP contribution in [0.1, 0.15) is 20.1 Å². The molecule has 0 atom stereocenters. The van der Waals surface area contributed by atoms with Crippen LogP contribution in [-0.4, -0.2) is 26.3 Å². The summed E-state index contributed by atoms with van der Waals surface area (Å²) in [4.78, 5) is 14.4. The smallest absolute Gasteiger partial charge is 0.200 e. The Hall–Kier alpha value is -2.64. The van der Waals surface area contributed by atoms with Crippen LogP contribution < -0.4 is 0 Å². The molecule has 0 amide bonds. The average molecular weight is 396 g/mol. The van der Waals surface area contributed by atoms with Crippen molar-refractivity contribution in [3.8, 4) is 11.6 Å². The lowest BCUT2D eigenvalue weighted by Crippen LogP contribution is -2.06. The van der Waals surface area contributed by atoms with Crippen LogP contribution in [0.4, 0.5) is 0 Å². The molecule has 0 saturated carbocycles. The minimum atomic E-state index is 0.104. The molecule has 3 aromatic heterocycles. The van der Waals surface area contributed by atoms with Gasteiger partial charge >= 0.3 is 0 Å². The zero-order valence-electron chi connectivity index (χ0n) is 14.7. The van der Waals surface area contributed by atoms with Gasteiger partial charge in [0, 0.05) is 4.88 Å². The first-order valence-electron chi connectivity index (χ1n) is 8.44. The minimum Gasteiger partial charge on any atom is -0.461 e. The van der Waals surface area contributed by atoms with E-state index in [-0.39, 0.29) is 5.78 Å². The van der Waals surface area contributed by atoms with E-state index in [4.69, 9.17) is 4.42 Å². The maximum atomic E-state index is 12.5. The molecule has 0 spiro atoms. The number of hydrogen-bond acceptors (Lipinski definition) is 6. The second-order valence-corrected chi connectivity index (χ2v) is 8.21. The highest BCUT2D eigenvalue weighted by Gasteiger charge is 2.18. The highest BCUT2D eigenvalue weighted by molar-refractivity contribution is 7.99. The first-order chi connectivity index (χ1) is 13.2. The van der Waals surface area contributed by atoms with Crippen LogP contribution in [0.25, 0.3) is 11.6 Å². The second kappa shape index (κ2) is 7.94. The van der Waals surface area contributed by atoms with E-state index in [9.17, 15) is 4.79 Å². The molecule has 27 heavy (non-hydrogen) atoms. The number of thioether (sulfide) groups is 1. The molecule has 4 rings (SSSR count). The number of aryl methyl sites for hydroxylation is 1. The maximum absolute atomic E-state index is 12.5. The summed E-state index contributed by atoms with van der Waals surface area (Å²) in [6.45, 7) is 2.61. The number of carbonyl (C=O) groups excluding carboxylic acids is 1. The summed E-state index contributed by atoms with van der Waals surface area (Å²) >= 11 is 2.92. The van der Waals surface area contributed by atoms with Crippen LogP contribution >= 0.6 is 23.1 Å². The van der Waals surface area contributed by atoms with Crippen molar-refractivity contribution in [2.75, 3.05) is 5.75 Å². The molecule has 0 radical (unpaired) electrons. The summed E-state index contributed by atoms with van der Waals surface area (Å²) in [5, 5.41) is 9.31. The summed E-state index contributed by atoms with van der Waals surface area (Å²) in [6.07, 6.45) is 1.62. The predicted octanol–water partition coefficient (Wildman–Crippen LogP) is 4.93. The van der Waals surface area contributed by atoms with Crippen LogP contribution in [-0.2, 0) is 6.54 Å². The molecule has 4 aromatic rings. The second-order valence-electron chi connectivity index (χ2n) is 5.98. The zero-order chi connectivity index (χ0) is 18.6. The molecule has 0 aliphatic rings. The van der Waals surface area contributed by atoms with Crippen molar-refractivity contribution in [3.05, 3.63) is 76.2 Å². The van der Waals surface area contributed by atoms with Crippen molar-refractivity contribution in [2.45, 2.75) is 18.6 Å². The molecule has 1 aromatic carbocycles. The normalized spacial score (nSPS) is 11.0. The third kappa shape index (κ3) is 4.04. The fraction of sp³-hybridized carbons (Fsp3) is 0.150. The number of ketones is 1. The van der Waals surface area contributed by atoms with Gasteiger partial charge in [-0.2, -0.15) is 0 Å². The van der Waals surface area contributed by atoms with E-state index in [0.29, 0.717) is 29.0 Å². The van der Waals surface area contributed by atoms with Gasteiger partial charge in [-0.05, 0) is 36.8 Å². The SMILES string of the molecule is Cc1ccc(C(=O)CSc2nnc(-c3ccco3)n2Cc2ccccc2)s1. The Labute approximate surface area is 165 Å². The topological polar surface area (TPSA) is 60.9 Å². The van der Waals surface area contributed by atoms with Crippen molar-refractivity contribution < 1.29 is 9.21 Å². The van der Waals surface area contributed by atoms with Crippen molar-refractivity contribution in [3.63, 3.8) is 0 Å². The standard InChI is InChI=1S/C20H17N3O2S2/c1-14-9-10-18(27-14)16(24)13-26-20-22-21-19(17-8-5-11-25-17)23(20)12-15-6-3-2-4-7-15/h2-11H,12-13H2,1H3. The molecule has 5 nitrogen and oxygen atoms in total. The third-order valence-corrected chi connectivity index (χ3v) is 6.00. The van der Waals surface area contributed by atoms with E-state index >= 15 is 0 Å². The quantitative estimate of drug-likeness (QED) is 0.328. The van der Waals surface area contributed by atoms with Gasteiger partial charge in [-0.3, -0.25) is 9.36 Å². The monoisotopic (exact) mass is 395 g/mol. The van der Waals surface area contributed by atoms with Crippen LogP contribution in [0.15, 0.2) is 70.4 Å². The molecule has 136 valence electrons.